The molecule has 174 valence electrons. The normalized spacial score (nSPS) is 15.5. The fraction of sp³-hybridized carbons (Fsp3) is 0.231. The summed E-state index contributed by atoms with van der Waals surface area (Å²) in [7, 11) is 0. The summed E-state index contributed by atoms with van der Waals surface area (Å²) in [5.74, 6) is -0.164. The van der Waals surface area contributed by atoms with Gasteiger partial charge in [0.1, 0.15) is 6.33 Å². The highest BCUT2D eigenvalue weighted by atomic mass is 35.5. The number of carbonyl (C=O) groups is 1. The molecule has 3 heterocycles. The maximum Gasteiger partial charge on any atom is 0.335 e. The quantitative estimate of drug-likeness (QED) is 0.382. The van der Waals surface area contributed by atoms with Crippen molar-refractivity contribution in [1.82, 2.24) is 25.2 Å². The third-order valence-electron chi connectivity index (χ3n) is 6.64. The maximum absolute atomic E-state index is 11.4. The van der Waals surface area contributed by atoms with Gasteiger partial charge in [0.15, 0.2) is 0 Å². The van der Waals surface area contributed by atoms with Gasteiger partial charge < -0.3 is 5.11 Å². The molecule has 1 N–H and O–H groups in total. The maximum atomic E-state index is 11.4. The first-order valence-electron chi connectivity index (χ1n) is 11.5. The lowest BCUT2D eigenvalue weighted by Crippen LogP contribution is -2.15. The number of fused-ring (bicyclic) bond motifs is 1. The van der Waals surface area contributed by atoms with E-state index in [1.54, 1.807) is 29.2 Å². The molecule has 0 amide bonds. The lowest BCUT2D eigenvalue weighted by Gasteiger charge is -2.17. The van der Waals surface area contributed by atoms with Gasteiger partial charge in [-0.2, -0.15) is 4.68 Å². The number of tetrazole rings is 1. The van der Waals surface area contributed by atoms with Gasteiger partial charge in [-0.25, -0.2) is 4.79 Å². The van der Waals surface area contributed by atoms with Gasteiger partial charge in [0, 0.05) is 46.1 Å². The summed E-state index contributed by atoms with van der Waals surface area (Å²) in [6.45, 7) is 0. The second-order valence-electron chi connectivity index (χ2n) is 9.05. The number of hydrogen-bond acceptors (Lipinski definition) is 6. The van der Waals surface area contributed by atoms with Crippen LogP contribution in [-0.2, 0) is 6.42 Å². The smallest absolute Gasteiger partial charge is 0.335 e. The number of aromatic nitrogens is 5. The Morgan fingerprint density at radius 3 is 2.74 bits per heavy atom. The predicted molar refractivity (Wildman–Crippen MR) is 132 cm³/mol. The average molecular weight is 485 g/mol. The SMILES string of the molecule is O=C(O)c1ccc2c(c1)N=C(C(CC1CC1)c1ccc(-c3cc(Cl)ccc3-n3cnnn3)cn1)C2. The van der Waals surface area contributed by atoms with Crippen LogP contribution in [0.1, 0.15) is 46.8 Å². The molecule has 0 radical (unpaired) electrons. The van der Waals surface area contributed by atoms with Crippen LogP contribution in [0.2, 0.25) is 5.02 Å². The topological polar surface area (TPSA) is 106 Å². The van der Waals surface area contributed by atoms with E-state index in [4.69, 9.17) is 21.6 Å². The van der Waals surface area contributed by atoms with E-state index in [9.17, 15) is 9.90 Å². The van der Waals surface area contributed by atoms with Crippen LogP contribution in [0.3, 0.4) is 0 Å². The zero-order valence-electron chi connectivity index (χ0n) is 18.7. The summed E-state index contributed by atoms with van der Waals surface area (Å²) < 4.78 is 1.60. The molecule has 2 aromatic heterocycles. The number of nitrogens with zero attached hydrogens (tertiary/aromatic N) is 6. The zero-order chi connectivity index (χ0) is 23.9. The van der Waals surface area contributed by atoms with E-state index in [1.165, 1.54) is 12.8 Å². The van der Waals surface area contributed by atoms with Gasteiger partial charge >= 0.3 is 5.97 Å². The molecule has 6 rings (SSSR count). The largest absolute Gasteiger partial charge is 0.478 e. The number of hydrogen-bond donors (Lipinski definition) is 1. The van der Waals surface area contributed by atoms with Crippen molar-refractivity contribution >= 4 is 29.0 Å². The van der Waals surface area contributed by atoms with Crippen LogP contribution in [0.5, 0.6) is 0 Å². The second kappa shape index (κ2) is 8.70. The summed E-state index contributed by atoms with van der Waals surface area (Å²) in [6.07, 6.45) is 7.59. The molecular formula is C26H21ClN6O2. The van der Waals surface area contributed by atoms with Crippen LogP contribution in [0.25, 0.3) is 16.8 Å². The molecule has 1 saturated carbocycles. The van der Waals surface area contributed by atoms with Crippen LogP contribution in [-0.4, -0.2) is 42.0 Å². The number of aromatic carboxylic acids is 1. The Labute approximate surface area is 206 Å². The Balaban J connectivity index is 1.33. The molecule has 1 atom stereocenters. The first kappa shape index (κ1) is 21.6. The van der Waals surface area contributed by atoms with Gasteiger partial charge in [0.2, 0.25) is 0 Å². The number of carboxylic acid groups (broad SMARTS) is 1. The van der Waals surface area contributed by atoms with E-state index in [1.807, 2.05) is 30.5 Å². The highest BCUT2D eigenvalue weighted by Gasteiger charge is 2.32. The Bertz CT molecular complexity index is 1450. The van der Waals surface area contributed by atoms with Crippen molar-refractivity contribution in [3.8, 4) is 16.8 Å². The Morgan fingerprint density at radius 2 is 2.03 bits per heavy atom. The molecular weight excluding hydrogens is 464 g/mol. The van der Waals surface area contributed by atoms with Crippen molar-refractivity contribution in [3.05, 3.63) is 82.9 Å². The van der Waals surface area contributed by atoms with Crippen molar-refractivity contribution in [2.24, 2.45) is 10.9 Å². The Kier molecular flexibility index (Phi) is 5.37. The van der Waals surface area contributed by atoms with Gasteiger partial charge in [0.25, 0.3) is 0 Å². The molecule has 1 unspecified atom stereocenters. The molecule has 1 fully saturated rings. The number of benzene rings is 2. The van der Waals surface area contributed by atoms with E-state index in [-0.39, 0.29) is 11.5 Å². The molecule has 1 aliphatic heterocycles. The fourth-order valence-corrected chi connectivity index (χ4v) is 4.81. The minimum Gasteiger partial charge on any atom is -0.478 e. The lowest BCUT2D eigenvalue weighted by atomic mass is 9.89. The molecule has 35 heavy (non-hydrogen) atoms. The summed E-state index contributed by atoms with van der Waals surface area (Å²) in [6, 6.07) is 14.9. The first-order valence-corrected chi connectivity index (χ1v) is 11.9. The number of aliphatic imine (C=N–C) groups is 1. The first-order chi connectivity index (χ1) is 17.0. The van der Waals surface area contributed by atoms with E-state index in [2.05, 4.69) is 21.6 Å². The number of rotatable bonds is 7. The van der Waals surface area contributed by atoms with Crippen LogP contribution in [0, 0.1) is 5.92 Å². The van der Waals surface area contributed by atoms with E-state index in [0.29, 0.717) is 17.4 Å². The van der Waals surface area contributed by atoms with Gasteiger partial charge in [-0.15, -0.1) is 5.10 Å². The van der Waals surface area contributed by atoms with Crippen LogP contribution >= 0.6 is 11.6 Å². The fourth-order valence-electron chi connectivity index (χ4n) is 4.64. The van der Waals surface area contributed by atoms with E-state index in [0.717, 1.165) is 45.9 Å². The van der Waals surface area contributed by atoms with Crippen molar-refractivity contribution in [2.45, 2.75) is 31.6 Å². The van der Waals surface area contributed by atoms with Crippen molar-refractivity contribution in [2.75, 3.05) is 0 Å². The summed E-state index contributed by atoms with van der Waals surface area (Å²) in [5, 5.41) is 21.4. The van der Waals surface area contributed by atoms with Gasteiger partial charge in [-0.3, -0.25) is 9.98 Å². The van der Waals surface area contributed by atoms with Crippen LogP contribution in [0.15, 0.2) is 66.0 Å². The summed E-state index contributed by atoms with van der Waals surface area (Å²) in [5.41, 5.74) is 6.70. The van der Waals surface area contributed by atoms with Gasteiger partial charge in [-0.1, -0.05) is 36.6 Å². The zero-order valence-corrected chi connectivity index (χ0v) is 19.4. The van der Waals surface area contributed by atoms with Gasteiger partial charge in [-0.05, 0) is 64.7 Å². The average Bonchev–Trinajstić information content (AvgIpc) is 3.34. The van der Waals surface area contributed by atoms with Crippen molar-refractivity contribution < 1.29 is 9.90 Å². The molecule has 2 aromatic carbocycles. The molecule has 0 saturated heterocycles. The molecule has 1 aliphatic carbocycles. The predicted octanol–water partition coefficient (Wildman–Crippen LogP) is 5.29. The van der Waals surface area contributed by atoms with E-state index >= 15 is 0 Å². The standard InChI is InChI=1S/C26H21ClN6O2/c27-19-6-8-25(33-14-29-31-32-33)20(12-19)18-5-7-22(28-13-18)21(9-15-1-2-15)24-10-16-3-4-17(26(34)35)11-23(16)30-24/h3-8,11-15,21H,1-2,9-10H2,(H,34,35). The minimum atomic E-state index is -0.940. The molecule has 0 bridgehead atoms. The molecule has 0 spiro atoms. The van der Waals surface area contributed by atoms with Crippen molar-refractivity contribution in [1.29, 1.82) is 0 Å². The Morgan fingerprint density at radius 1 is 1.14 bits per heavy atom. The van der Waals surface area contributed by atoms with Crippen LogP contribution < -0.4 is 0 Å². The minimum absolute atomic E-state index is 0.0931. The van der Waals surface area contributed by atoms with E-state index < -0.39 is 5.97 Å². The van der Waals surface area contributed by atoms with Gasteiger partial charge in [0.05, 0.1) is 16.9 Å². The molecule has 8 nitrogen and oxygen atoms in total. The third kappa shape index (κ3) is 4.33. The summed E-state index contributed by atoms with van der Waals surface area (Å²) in [4.78, 5) is 21.1. The number of halogens is 1. The Hall–Kier alpha value is -3.91. The monoisotopic (exact) mass is 484 g/mol. The number of pyridine rings is 1. The molecule has 9 heteroatoms. The highest BCUT2D eigenvalue weighted by Crippen LogP contribution is 2.42. The lowest BCUT2D eigenvalue weighted by molar-refractivity contribution is 0.0697. The van der Waals surface area contributed by atoms with Crippen molar-refractivity contribution in [3.63, 3.8) is 0 Å². The molecule has 4 aromatic rings. The number of carboxylic acids is 1. The summed E-state index contributed by atoms with van der Waals surface area (Å²) >= 11 is 6.30. The second-order valence-corrected chi connectivity index (χ2v) is 9.48. The van der Waals surface area contributed by atoms with Crippen LogP contribution in [0.4, 0.5) is 5.69 Å². The molecule has 2 aliphatic rings. The third-order valence-corrected chi connectivity index (χ3v) is 6.88. The highest BCUT2D eigenvalue weighted by molar-refractivity contribution is 6.31.